The summed E-state index contributed by atoms with van der Waals surface area (Å²) in [6, 6.07) is 15.1. The SMILES string of the molecule is CC(C)(C)c1ccccc1NC(=O)CN(Cc1ccccc1F)C1CC1. The van der Waals surface area contributed by atoms with Crippen molar-refractivity contribution >= 4 is 11.6 Å². The van der Waals surface area contributed by atoms with Crippen molar-refractivity contribution in [3.63, 3.8) is 0 Å². The van der Waals surface area contributed by atoms with Crippen molar-refractivity contribution in [2.45, 2.75) is 51.6 Å². The van der Waals surface area contributed by atoms with Crippen molar-refractivity contribution in [2.75, 3.05) is 11.9 Å². The number of benzene rings is 2. The first-order valence-corrected chi connectivity index (χ1v) is 9.21. The molecule has 2 aromatic rings. The number of hydrogen-bond donors (Lipinski definition) is 1. The van der Waals surface area contributed by atoms with Crippen LogP contribution < -0.4 is 5.32 Å². The van der Waals surface area contributed by atoms with Gasteiger partial charge in [0.15, 0.2) is 0 Å². The van der Waals surface area contributed by atoms with Gasteiger partial charge in [0.25, 0.3) is 0 Å². The molecule has 1 N–H and O–H groups in total. The van der Waals surface area contributed by atoms with E-state index in [-0.39, 0.29) is 23.7 Å². The fourth-order valence-electron chi connectivity index (χ4n) is 3.22. The van der Waals surface area contributed by atoms with Crippen molar-refractivity contribution in [1.29, 1.82) is 0 Å². The predicted octanol–water partition coefficient (Wildman–Crippen LogP) is 4.73. The Bertz CT molecular complexity index is 778. The lowest BCUT2D eigenvalue weighted by Gasteiger charge is -2.25. The number of carbonyl (C=O) groups is 1. The molecule has 0 radical (unpaired) electrons. The maximum atomic E-state index is 14.0. The molecule has 1 aliphatic rings. The zero-order valence-electron chi connectivity index (χ0n) is 15.8. The fourth-order valence-corrected chi connectivity index (χ4v) is 3.22. The molecule has 0 heterocycles. The zero-order chi connectivity index (χ0) is 18.7. The molecule has 26 heavy (non-hydrogen) atoms. The second kappa shape index (κ2) is 7.58. The van der Waals surface area contributed by atoms with E-state index in [1.54, 1.807) is 12.1 Å². The molecule has 3 rings (SSSR count). The Hall–Kier alpha value is -2.20. The second-order valence-corrected chi connectivity index (χ2v) is 8.07. The molecule has 0 atom stereocenters. The second-order valence-electron chi connectivity index (χ2n) is 8.07. The lowest BCUT2D eigenvalue weighted by molar-refractivity contribution is -0.117. The van der Waals surface area contributed by atoms with Crippen molar-refractivity contribution in [2.24, 2.45) is 0 Å². The number of hydrogen-bond acceptors (Lipinski definition) is 2. The summed E-state index contributed by atoms with van der Waals surface area (Å²) in [5.41, 5.74) is 2.56. The Balaban J connectivity index is 1.69. The standard InChI is InChI=1S/C22H27FN2O/c1-22(2,3)18-9-5-7-11-20(18)24-21(26)15-25(17-12-13-17)14-16-8-4-6-10-19(16)23/h4-11,17H,12-15H2,1-3H3,(H,24,26). The van der Waals surface area contributed by atoms with Gasteiger partial charge in [-0.1, -0.05) is 57.2 Å². The summed E-state index contributed by atoms with van der Waals surface area (Å²) in [5, 5.41) is 3.06. The highest BCUT2D eigenvalue weighted by Crippen LogP contribution is 2.30. The molecule has 1 fully saturated rings. The first-order valence-electron chi connectivity index (χ1n) is 9.21. The third-order valence-corrected chi connectivity index (χ3v) is 4.75. The Kier molecular flexibility index (Phi) is 5.42. The molecule has 1 amide bonds. The normalized spacial score (nSPS) is 14.5. The predicted molar refractivity (Wildman–Crippen MR) is 104 cm³/mol. The van der Waals surface area contributed by atoms with Gasteiger partial charge >= 0.3 is 0 Å². The van der Waals surface area contributed by atoms with E-state index in [1.807, 2.05) is 30.3 Å². The van der Waals surface area contributed by atoms with Crippen LogP contribution in [0.5, 0.6) is 0 Å². The van der Waals surface area contributed by atoms with Gasteiger partial charge in [0, 0.05) is 23.8 Å². The minimum Gasteiger partial charge on any atom is -0.325 e. The number of halogens is 1. The van der Waals surface area contributed by atoms with Crippen molar-refractivity contribution in [3.8, 4) is 0 Å². The highest BCUT2D eigenvalue weighted by atomic mass is 19.1. The van der Waals surface area contributed by atoms with Crippen molar-refractivity contribution in [3.05, 3.63) is 65.5 Å². The number of para-hydroxylation sites is 1. The lowest BCUT2D eigenvalue weighted by atomic mass is 9.86. The van der Waals surface area contributed by atoms with Gasteiger partial charge in [0.2, 0.25) is 5.91 Å². The number of amides is 1. The maximum Gasteiger partial charge on any atom is 0.238 e. The monoisotopic (exact) mass is 354 g/mol. The summed E-state index contributed by atoms with van der Waals surface area (Å²) >= 11 is 0. The highest BCUT2D eigenvalue weighted by Gasteiger charge is 2.31. The van der Waals surface area contributed by atoms with Crippen LogP contribution in [0.4, 0.5) is 10.1 Å². The average Bonchev–Trinajstić information content (AvgIpc) is 3.40. The Morgan fingerprint density at radius 2 is 1.77 bits per heavy atom. The van der Waals surface area contributed by atoms with Crippen LogP contribution in [0.2, 0.25) is 0 Å². The van der Waals surface area contributed by atoms with Crippen molar-refractivity contribution < 1.29 is 9.18 Å². The molecule has 3 nitrogen and oxygen atoms in total. The zero-order valence-corrected chi connectivity index (χ0v) is 15.8. The molecule has 2 aromatic carbocycles. The molecule has 0 unspecified atom stereocenters. The molecule has 138 valence electrons. The average molecular weight is 354 g/mol. The molecule has 0 bridgehead atoms. The summed E-state index contributed by atoms with van der Waals surface area (Å²) in [5.74, 6) is -0.262. The first kappa shape index (κ1) is 18.6. The van der Waals surface area contributed by atoms with E-state index in [2.05, 4.69) is 31.0 Å². The largest absolute Gasteiger partial charge is 0.325 e. The van der Waals surface area contributed by atoms with E-state index < -0.39 is 0 Å². The van der Waals surface area contributed by atoms with Crippen LogP contribution in [0, 0.1) is 5.82 Å². The van der Waals surface area contributed by atoms with Crippen LogP contribution >= 0.6 is 0 Å². The Morgan fingerprint density at radius 3 is 2.42 bits per heavy atom. The quantitative estimate of drug-likeness (QED) is 0.814. The van der Waals surface area contributed by atoms with Crippen LogP contribution in [-0.2, 0) is 16.8 Å². The minimum absolute atomic E-state index is 0.0484. The topological polar surface area (TPSA) is 32.3 Å². The van der Waals surface area contributed by atoms with Gasteiger partial charge in [-0.3, -0.25) is 9.69 Å². The summed E-state index contributed by atoms with van der Waals surface area (Å²) in [4.78, 5) is 14.7. The molecule has 1 aliphatic carbocycles. The first-order chi connectivity index (χ1) is 12.3. The number of nitrogens with zero attached hydrogens (tertiary/aromatic N) is 1. The fraction of sp³-hybridized carbons (Fsp3) is 0.409. The number of rotatable bonds is 6. The summed E-state index contributed by atoms with van der Waals surface area (Å²) in [7, 11) is 0. The van der Waals surface area contributed by atoms with E-state index in [0.717, 1.165) is 24.1 Å². The lowest BCUT2D eigenvalue weighted by Crippen LogP contribution is -2.35. The Labute approximate surface area is 155 Å². The van der Waals surface area contributed by atoms with Gasteiger partial charge in [-0.05, 0) is 36.0 Å². The van der Waals surface area contributed by atoms with Gasteiger partial charge in [-0.2, -0.15) is 0 Å². The molecule has 0 aromatic heterocycles. The van der Waals surface area contributed by atoms with E-state index >= 15 is 0 Å². The third-order valence-electron chi connectivity index (χ3n) is 4.75. The van der Waals surface area contributed by atoms with E-state index in [4.69, 9.17) is 0 Å². The van der Waals surface area contributed by atoms with Crippen LogP contribution in [0.3, 0.4) is 0 Å². The van der Waals surface area contributed by atoms with Gasteiger partial charge in [-0.15, -0.1) is 0 Å². The smallest absolute Gasteiger partial charge is 0.238 e. The third kappa shape index (κ3) is 4.70. The summed E-state index contributed by atoms with van der Waals surface area (Å²) in [6.07, 6.45) is 2.14. The number of nitrogens with one attached hydrogen (secondary N) is 1. The maximum absolute atomic E-state index is 14.0. The van der Waals surface area contributed by atoms with Gasteiger partial charge in [0.05, 0.1) is 6.54 Å². The molecular weight excluding hydrogens is 327 g/mol. The highest BCUT2D eigenvalue weighted by molar-refractivity contribution is 5.93. The number of carbonyl (C=O) groups excluding carboxylic acids is 1. The molecule has 0 spiro atoms. The van der Waals surface area contributed by atoms with Gasteiger partial charge < -0.3 is 5.32 Å². The minimum atomic E-state index is -0.211. The van der Waals surface area contributed by atoms with E-state index in [1.165, 1.54) is 6.07 Å². The Morgan fingerprint density at radius 1 is 1.12 bits per heavy atom. The van der Waals surface area contributed by atoms with Crippen molar-refractivity contribution in [1.82, 2.24) is 4.90 Å². The van der Waals surface area contributed by atoms with Gasteiger partial charge in [-0.25, -0.2) is 4.39 Å². The molecule has 0 saturated heterocycles. The summed E-state index contributed by atoms with van der Waals surface area (Å²) < 4.78 is 14.0. The van der Waals surface area contributed by atoms with Crippen LogP contribution in [0.1, 0.15) is 44.7 Å². The van der Waals surface area contributed by atoms with Crippen LogP contribution in [0.25, 0.3) is 0 Å². The summed E-state index contributed by atoms with van der Waals surface area (Å²) in [6.45, 7) is 7.13. The van der Waals surface area contributed by atoms with E-state index in [9.17, 15) is 9.18 Å². The molecular formula is C22H27FN2O. The number of anilines is 1. The molecule has 1 saturated carbocycles. The molecule has 4 heteroatoms. The molecule has 0 aliphatic heterocycles. The van der Waals surface area contributed by atoms with Crippen LogP contribution in [0.15, 0.2) is 48.5 Å². The van der Waals surface area contributed by atoms with Crippen LogP contribution in [-0.4, -0.2) is 23.4 Å². The van der Waals surface area contributed by atoms with Gasteiger partial charge in [0.1, 0.15) is 5.82 Å². The van der Waals surface area contributed by atoms with E-state index in [0.29, 0.717) is 18.2 Å².